The van der Waals surface area contributed by atoms with Crippen molar-refractivity contribution in [2.45, 2.75) is 33.7 Å². The topological polar surface area (TPSA) is 54.2 Å². The molecule has 0 radical (unpaired) electrons. The maximum absolute atomic E-state index is 5.77. The second-order valence-electron chi connectivity index (χ2n) is 8.09. The third-order valence-electron chi connectivity index (χ3n) is 5.24. The molecule has 1 aliphatic heterocycles. The molecule has 2 heterocycles. The minimum Gasteiger partial charge on any atom is -0.351 e. The highest BCUT2D eigenvalue weighted by atomic mass is 32.1. The number of allylic oxidation sites excluding steroid dienone is 1. The van der Waals surface area contributed by atoms with Crippen molar-refractivity contribution in [1.29, 1.82) is 0 Å². The maximum atomic E-state index is 5.77. The van der Waals surface area contributed by atoms with E-state index < -0.39 is 0 Å². The van der Waals surface area contributed by atoms with Gasteiger partial charge < -0.3 is 14.7 Å². The molecular weight excluding hydrogens is 392 g/mol. The molecule has 154 valence electrons. The number of aromatic nitrogens is 2. The van der Waals surface area contributed by atoms with Crippen molar-refractivity contribution in [3.8, 4) is 11.4 Å². The van der Waals surface area contributed by atoms with Crippen LogP contribution in [0.2, 0.25) is 0 Å². The minimum absolute atomic E-state index is 0.145. The van der Waals surface area contributed by atoms with Crippen LogP contribution in [-0.4, -0.2) is 26.7 Å². The molecule has 1 aromatic heterocycles. The van der Waals surface area contributed by atoms with Gasteiger partial charge >= 0.3 is 0 Å². The Labute approximate surface area is 182 Å². The van der Waals surface area contributed by atoms with Crippen LogP contribution in [0.3, 0.4) is 0 Å². The smallest absolute Gasteiger partial charge is 0.258 e. The molecule has 0 spiro atoms. The number of thiocarbonyl (C=S) groups is 1. The van der Waals surface area contributed by atoms with Gasteiger partial charge in [0, 0.05) is 17.8 Å². The van der Waals surface area contributed by atoms with Gasteiger partial charge in [-0.15, -0.1) is 0 Å². The van der Waals surface area contributed by atoms with Crippen molar-refractivity contribution in [2.75, 3.05) is 6.54 Å². The number of nitrogens with zero attached hydrogens (tertiary/aromatic N) is 3. The average Bonchev–Trinajstić information content (AvgIpc) is 3.21. The Hall–Kier alpha value is -2.99. The Bertz CT molecular complexity index is 1070. The fraction of sp³-hybridized carbons (Fsp3) is 0.292. The third-order valence-corrected chi connectivity index (χ3v) is 5.58. The lowest BCUT2D eigenvalue weighted by Crippen LogP contribution is -2.47. The van der Waals surface area contributed by atoms with Crippen molar-refractivity contribution in [3.63, 3.8) is 0 Å². The molecule has 0 saturated heterocycles. The highest BCUT2D eigenvalue weighted by Gasteiger charge is 2.34. The molecule has 2 aromatic carbocycles. The predicted octanol–water partition coefficient (Wildman–Crippen LogP) is 5.36. The normalized spacial score (nSPS) is 16.9. The summed E-state index contributed by atoms with van der Waals surface area (Å²) in [5.74, 6) is 1.56. The summed E-state index contributed by atoms with van der Waals surface area (Å²) in [6.07, 6.45) is 0. The summed E-state index contributed by atoms with van der Waals surface area (Å²) in [5, 5.41) is 8.47. The fourth-order valence-electron chi connectivity index (χ4n) is 3.69. The molecule has 4 rings (SSSR count). The van der Waals surface area contributed by atoms with Crippen molar-refractivity contribution in [2.24, 2.45) is 5.92 Å². The lowest BCUT2D eigenvalue weighted by Gasteiger charge is -2.38. The van der Waals surface area contributed by atoms with E-state index in [2.05, 4.69) is 55.2 Å². The Morgan fingerprint density at radius 3 is 2.43 bits per heavy atom. The highest BCUT2D eigenvalue weighted by Crippen LogP contribution is 2.37. The molecular formula is C24H26N4OS. The van der Waals surface area contributed by atoms with Gasteiger partial charge in [0.05, 0.1) is 11.6 Å². The quantitative estimate of drug-likeness (QED) is 0.563. The van der Waals surface area contributed by atoms with Gasteiger partial charge in [0.2, 0.25) is 5.82 Å². The maximum Gasteiger partial charge on any atom is 0.258 e. The molecule has 30 heavy (non-hydrogen) atoms. The molecule has 1 atom stereocenters. The first-order chi connectivity index (χ1) is 14.4. The van der Waals surface area contributed by atoms with Gasteiger partial charge in [0.25, 0.3) is 5.89 Å². The van der Waals surface area contributed by atoms with Crippen LogP contribution in [-0.2, 0) is 0 Å². The first-order valence-electron chi connectivity index (χ1n) is 10.2. The van der Waals surface area contributed by atoms with E-state index in [1.165, 1.54) is 5.56 Å². The van der Waals surface area contributed by atoms with Crippen molar-refractivity contribution < 1.29 is 4.52 Å². The largest absolute Gasteiger partial charge is 0.351 e. The van der Waals surface area contributed by atoms with Crippen LogP contribution >= 0.6 is 12.2 Å². The van der Waals surface area contributed by atoms with E-state index in [1.54, 1.807) is 0 Å². The van der Waals surface area contributed by atoms with E-state index in [9.17, 15) is 0 Å². The van der Waals surface area contributed by atoms with Crippen LogP contribution in [0, 0.1) is 12.8 Å². The molecule has 0 aliphatic carbocycles. The summed E-state index contributed by atoms with van der Waals surface area (Å²) in [5.41, 5.74) is 5.23. The van der Waals surface area contributed by atoms with Crippen LogP contribution in [0.5, 0.6) is 0 Å². The second kappa shape index (κ2) is 8.40. The summed E-state index contributed by atoms with van der Waals surface area (Å²) in [6, 6.07) is 18.2. The number of nitrogens with one attached hydrogen (secondary N) is 1. The summed E-state index contributed by atoms with van der Waals surface area (Å²) >= 11 is 5.71. The zero-order chi connectivity index (χ0) is 21.3. The Balaban J connectivity index is 1.80. The third kappa shape index (κ3) is 4.00. The Morgan fingerprint density at radius 1 is 1.07 bits per heavy atom. The van der Waals surface area contributed by atoms with Gasteiger partial charge in [-0.2, -0.15) is 4.98 Å². The van der Waals surface area contributed by atoms with Gasteiger partial charge in [0.1, 0.15) is 0 Å². The van der Waals surface area contributed by atoms with Crippen molar-refractivity contribution in [3.05, 3.63) is 77.3 Å². The summed E-state index contributed by atoms with van der Waals surface area (Å²) < 4.78 is 5.77. The fourth-order valence-corrected chi connectivity index (χ4v) is 4.02. The molecule has 1 aliphatic rings. The van der Waals surface area contributed by atoms with E-state index in [-0.39, 0.29) is 6.04 Å². The summed E-state index contributed by atoms with van der Waals surface area (Å²) in [7, 11) is 0. The van der Waals surface area contributed by atoms with Gasteiger partial charge in [-0.1, -0.05) is 79.2 Å². The van der Waals surface area contributed by atoms with Crippen LogP contribution in [0.15, 0.2) is 64.8 Å². The monoisotopic (exact) mass is 418 g/mol. The number of aryl methyl sites for hydroxylation is 1. The van der Waals surface area contributed by atoms with Gasteiger partial charge in [-0.25, -0.2) is 0 Å². The zero-order valence-electron chi connectivity index (χ0n) is 17.7. The van der Waals surface area contributed by atoms with Crippen LogP contribution < -0.4 is 5.32 Å². The lowest BCUT2D eigenvalue weighted by molar-refractivity contribution is 0.386. The van der Waals surface area contributed by atoms with E-state index >= 15 is 0 Å². The highest BCUT2D eigenvalue weighted by molar-refractivity contribution is 7.80. The van der Waals surface area contributed by atoms with Gasteiger partial charge in [-0.05, 0) is 37.5 Å². The standard InChI is InChI=1S/C24H26N4OS/c1-15(2)14-28-17(4)20(21(25-24(28)30)18-8-6-5-7-9-18)23-26-22(27-29-23)19-12-10-16(3)11-13-19/h5-13,15,21H,14H2,1-4H3,(H,25,30). The van der Waals surface area contributed by atoms with Crippen LogP contribution in [0.1, 0.15) is 43.8 Å². The zero-order valence-corrected chi connectivity index (χ0v) is 18.5. The first kappa shape index (κ1) is 20.3. The van der Waals surface area contributed by atoms with Crippen molar-refractivity contribution in [1.82, 2.24) is 20.4 Å². The van der Waals surface area contributed by atoms with E-state index in [0.29, 0.717) is 17.6 Å². The first-order valence-corrected chi connectivity index (χ1v) is 10.6. The predicted molar refractivity (Wildman–Crippen MR) is 124 cm³/mol. The number of rotatable bonds is 5. The Kier molecular flexibility index (Phi) is 5.68. The molecule has 6 heteroatoms. The molecule has 0 saturated carbocycles. The number of hydrogen-bond donors (Lipinski definition) is 1. The van der Waals surface area contributed by atoms with Crippen LogP contribution in [0.4, 0.5) is 0 Å². The average molecular weight is 419 g/mol. The minimum atomic E-state index is -0.145. The van der Waals surface area contributed by atoms with E-state index in [0.717, 1.165) is 34.1 Å². The summed E-state index contributed by atoms with van der Waals surface area (Å²) in [6.45, 7) is 9.32. The van der Waals surface area contributed by atoms with E-state index in [1.807, 2.05) is 42.5 Å². The van der Waals surface area contributed by atoms with Gasteiger partial charge in [-0.3, -0.25) is 0 Å². The van der Waals surface area contributed by atoms with E-state index in [4.69, 9.17) is 21.7 Å². The molecule has 5 nitrogen and oxygen atoms in total. The molecule has 1 N–H and O–H groups in total. The second-order valence-corrected chi connectivity index (χ2v) is 8.47. The SMILES string of the molecule is CC1=C(c2nc(-c3ccc(C)cc3)no2)C(c2ccccc2)NC(=S)N1CC(C)C. The van der Waals surface area contributed by atoms with Gasteiger partial charge in [0.15, 0.2) is 5.11 Å². The molecule has 0 bridgehead atoms. The Morgan fingerprint density at radius 2 is 1.77 bits per heavy atom. The molecule has 3 aromatic rings. The summed E-state index contributed by atoms with van der Waals surface area (Å²) in [4.78, 5) is 6.88. The molecule has 0 fully saturated rings. The lowest BCUT2D eigenvalue weighted by atomic mass is 9.94. The number of benzene rings is 2. The molecule has 0 amide bonds. The number of hydrogen-bond acceptors (Lipinski definition) is 4. The van der Waals surface area contributed by atoms with Crippen molar-refractivity contribution >= 4 is 22.9 Å². The molecule has 1 unspecified atom stereocenters. The van der Waals surface area contributed by atoms with Crippen LogP contribution in [0.25, 0.3) is 17.0 Å².